The van der Waals surface area contributed by atoms with Gasteiger partial charge in [-0.1, -0.05) is 13.3 Å². The first-order valence-corrected chi connectivity index (χ1v) is 7.72. The Labute approximate surface area is 116 Å². The molecule has 1 amide bonds. The third-order valence-corrected chi connectivity index (χ3v) is 4.78. The summed E-state index contributed by atoms with van der Waals surface area (Å²) in [6.45, 7) is 7.34. The molecule has 2 unspecified atom stereocenters. The van der Waals surface area contributed by atoms with E-state index in [0.29, 0.717) is 18.9 Å². The van der Waals surface area contributed by atoms with Gasteiger partial charge in [-0.15, -0.1) is 0 Å². The van der Waals surface area contributed by atoms with E-state index in [-0.39, 0.29) is 5.41 Å². The molecule has 2 N–H and O–H groups in total. The molecule has 0 aromatic heterocycles. The molecule has 0 bridgehead atoms. The standard InChI is InChI=1S/C15H28N2O2/c1-3-5-15(7-9-16-12-15)13(18)17-10-4-6-14(2,19)8-11-17/h16,19H,3-12H2,1-2H3. The topological polar surface area (TPSA) is 52.6 Å². The van der Waals surface area contributed by atoms with Crippen LogP contribution in [0.25, 0.3) is 0 Å². The first-order valence-electron chi connectivity index (χ1n) is 7.72. The lowest BCUT2D eigenvalue weighted by molar-refractivity contribution is -0.141. The zero-order valence-corrected chi connectivity index (χ0v) is 12.4. The molecular weight excluding hydrogens is 240 g/mol. The lowest BCUT2D eigenvalue weighted by Crippen LogP contribution is -2.46. The molecule has 19 heavy (non-hydrogen) atoms. The number of hydrogen-bond acceptors (Lipinski definition) is 3. The number of hydrogen-bond donors (Lipinski definition) is 2. The number of nitrogens with one attached hydrogen (secondary N) is 1. The molecular formula is C15H28N2O2. The van der Waals surface area contributed by atoms with Crippen molar-refractivity contribution in [1.82, 2.24) is 10.2 Å². The number of aliphatic hydroxyl groups is 1. The lowest BCUT2D eigenvalue weighted by atomic mass is 9.81. The van der Waals surface area contributed by atoms with Crippen molar-refractivity contribution in [3.8, 4) is 0 Å². The molecule has 110 valence electrons. The van der Waals surface area contributed by atoms with E-state index >= 15 is 0 Å². The van der Waals surface area contributed by atoms with Gasteiger partial charge in [0.1, 0.15) is 0 Å². The van der Waals surface area contributed by atoms with Gasteiger partial charge in [0.15, 0.2) is 0 Å². The van der Waals surface area contributed by atoms with Crippen LogP contribution in [0, 0.1) is 5.41 Å². The molecule has 2 fully saturated rings. The zero-order chi connectivity index (χ0) is 13.9. The summed E-state index contributed by atoms with van der Waals surface area (Å²) >= 11 is 0. The Bertz CT molecular complexity index is 322. The minimum atomic E-state index is -0.596. The maximum absolute atomic E-state index is 12.9. The SMILES string of the molecule is CCCC1(C(=O)N2CCCC(C)(O)CC2)CCNC1. The van der Waals surface area contributed by atoms with Crippen LogP contribution in [0.1, 0.15) is 52.4 Å². The number of carbonyl (C=O) groups is 1. The van der Waals surface area contributed by atoms with Crippen molar-refractivity contribution >= 4 is 5.91 Å². The monoisotopic (exact) mass is 268 g/mol. The van der Waals surface area contributed by atoms with Crippen LogP contribution < -0.4 is 5.32 Å². The van der Waals surface area contributed by atoms with Crippen LogP contribution in [0.3, 0.4) is 0 Å². The second-order valence-electron chi connectivity index (χ2n) is 6.60. The third kappa shape index (κ3) is 3.29. The summed E-state index contributed by atoms with van der Waals surface area (Å²) in [5.41, 5.74) is -0.772. The zero-order valence-electron chi connectivity index (χ0n) is 12.4. The predicted molar refractivity (Wildman–Crippen MR) is 75.9 cm³/mol. The Morgan fingerprint density at radius 3 is 2.74 bits per heavy atom. The first kappa shape index (κ1) is 14.8. The predicted octanol–water partition coefficient (Wildman–Crippen LogP) is 1.53. The van der Waals surface area contributed by atoms with Gasteiger partial charge in [0.05, 0.1) is 11.0 Å². The van der Waals surface area contributed by atoms with Crippen molar-refractivity contribution in [2.45, 2.75) is 58.0 Å². The van der Waals surface area contributed by atoms with Crippen LogP contribution in [-0.4, -0.2) is 47.7 Å². The quantitative estimate of drug-likeness (QED) is 0.816. The normalized spacial score (nSPS) is 36.3. The van der Waals surface area contributed by atoms with E-state index in [1.165, 1.54) is 0 Å². The Morgan fingerprint density at radius 1 is 1.32 bits per heavy atom. The fraction of sp³-hybridized carbons (Fsp3) is 0.933. The van der Waals surface area contributed by atoms with Gasteiger partial charge >= 0.3 is 0 Å². The van der Waals surface area contributed by atoms with E-state index in [1.807, 2.05) is 11.8 Å². The largest absolute Gasteiger partial charge is 0.390 e. The lowest BCUT2D eigenvalue weighted by Gasteiger charge is -2.33. The molecule has 0 radical (unpaired) electrons. The minimum Gasteiger partial charge on any atom is -0.390 e. The van der Waals surface area contributed by atoms with E-state index in [2.05, 4.69) is 12.2 Å². The summed E-state index contributed by atoms with van der Waals surface area (Å²) in [4.78, 5) is 14.9. The molecule has 2 heterocycles. The van der Waals surface area contributed by atoms with Crippen molar-refractivity contribution in [3.05, 3.63) is 0 Å². The van der Waals surface area contributed by atoms with Crippen LogP contribution in [-0.2, 0) is 4.79 Å². The highest BCUT2D eigenvalue weighted by molar-refractivity contribution is 5.83. The van der Waals surface area contributed by atoms with Gasteiger partial charge in [0.25, 0.3) is 0 Å². The smallest absolute Gasteiger partial charge is 0.230 e. The molecule has 4 nitrogen and oxygen atoms in total. The first-order chi connectivity index (χ1) is 8.99. The molecule has 0 aliphatic carbocycles. The number of likely N-dealkylation sites (tertiary alicyclic amines) is 1. The van der Waals surface area contributed by atoms with Crippen LogP contribution in [0.15, 0.2) is 0 Å². The molecule has 2 rings (SSSR count). The van der Waals surface area contributed by atoms with Gasteiger partial charge in [-0.2, -0.15) is 0 Å². The molecule has 2 saturated heterocycles. The number of rotatable bonds is 3. The van der Waals surface area contributed by atoms with Gasteiger partial charge < -0.3 is 15.3 Å². The van der Waals surface area contributed by atoms with Crippen LogP contribution in [0.4, 0.5) is 0 Å². The molecule has 0 aromatic carbocycles. The summed E-state index contributed by atoms with van der Waals surface area (Å²) < 4.78 is 0. The van der Waals surface area contributed by atoms with Crippen molar-refractivity contribution in [1.29, 1.82) is 0 Å². The summed E-state index contributed by atoms with van der Waals surface area (Å²) in [6.07, 6.45) is 5.41. The summed E-state index contributed by atoms with van der Waals surface area (Å²) in [5, 5.41) is 13.5. The fourth-order valence-corrected chi connectivity index (χ4v) is 3.53. The maximum Gasteiger partial charge on any atom is 0.230 e. The van der Waals surface area contributed by atoms with Gasteiger partial charge in [0, 0.05) is 19.6 Å². The van der Waals surface area contributed by atoms with E-state index in [4.69, 9.17) is 0 Å². The second kappa shape index (κ2) is 5.80. The van der Waals surface area contributed by atoms with E-state index in [1.54, 1.807) is 0 Å². The highest BCUT2D eigenvalue weighted by Crippen LogP contribution is 2.34. The van der Waals surface area contributed by atoms with Crippen molar-refractivity contribution in [2.75, 3.05) is 26.2 Å². The molecule has 0 spiro atoms. The van der Waals surface area contributed by atoms with Crippen molar-refractivity contribution in [2.24, 2.45) is 5.41 Å². The third-order valence-electron chi connectivity index (χ3n) is 4.78. The highest BCUT2D eigenvalue weighted by atomic mass is 16.3. The van der Waals surface area contributed by atoms with Gasteiger partial charge in [0.2, 0.25) is 5.91 Å². The Kier molecular flexibility index (Phi) is 4.51. The summed E-state index contributed by atoms with van der Waals surface area (Å²) in [6, 6.07) is 0. The van der Waals surface area contributed by atoms with Crippen molar-refractivity contribution < 1.29 is 9.90 Å². The average molecular weight is 268 g/mol. The van der Waals surface area contributed by atoms with Crippen LogP contribution >= 0.6 is 0 Å². The molecule has 0 saturated carbocycles. The average Bonchev–Trinajstić information content (AvgIpc) is 2.75. The summed E-state index contributed by atoms with van der Waals surface area (Å²) in [7, 11) is 0. The van der Waals surface area contributed by atoms with Gasteiger partial charge in [-0.3, -0.25) is 4.79 Å². The van der Waals surface area contributed by atoms with Crippen molar-refractivity contribution in [3.63, 3.8) is 0 Å². The molecule has 2 aliphatic heterocycles. The second-order valence-corrected chi connectivity index (χ2v) is 6.60. The Balaban J connectivity index is 2.05. The molecule has 2 atom stereocenters. The van der Waals surface area contributed by atoms with E-state index in [9.17, 15) is 9.90 Å². The Morgan fingerprint density at radius 2 is 2.11 bits per heavy atom. The highest BCUT2D eigenvalue weighted by Gasteiger charge is 2.43. The Hall–Kier alpha value is -0.610. The molecule has 4 heteroatoms. The van der Waals surface area contributed by atoms with Crippen LogP contribution in [0.2, 0.25) is 0 Å². The maximum atomic E-state index is 12.9. The number of amides is 1. The molecule has 2 aliphatic rings. The fourth-order valence-electron chi connectivity index (χ4n) is 3.53. The van der Waals surface area contributed by atoms with E-state index < -0.39 is 5.60 Å². The number of carbonyl (C=O) groups excluding carboxylic acids is 1. The van der Waals surface area contributed by atoms with Gasteiger partial charge in [-0.05, 0) is 45.6 Å². The summed E-state index contributed by atoms with van der Waals surface area (Å²) in [5.74, 6) is 0.317. The van der Waals surface area contributed by atoms with Crippen LogP contribution in [0.5, 0.6) is 0 Å². The minimum absolute atomic E-state index is 0.176. The number of nitrogens with zero attached hydrogens (tertiary/aromatic N) is 1. The van der Waals surface area contributed by atoms with E-state index in [0.717, 1.165) is 51.7 Å². The molecule has 0 aromatic rings. The van der Waals surface area contributed by atoms with Gasteiger partial charge in [-0.25, -0.2) is 0 Å².